The van der Waals surface area contributed by atoms with E-state index in [4.69, 9.17) is 0 Å². The van der Waals surface area contributed by atoms with Crippen LogP contribution in [-0.2, 0) is 5.66 Å². The molecule has 130 valence electrons. The summed E-state index contributed by atoms with van der Waals surface area (Å²) in [4.78, 5) is 0. The predicted octanol–water partition coefficient (Wildman–Crippen LogP) is 4.92. The van der Waals surface area contributed by atoms with Crippen molar-refractivity contribution in [1.29, 1.82) is 0 Å². The number of benzene rings is 2. The van der Waals surface area contributed by atoms with Gasteiger partial charge in [0.15, 0.2) is 0 Å². The molecule has 0 aromatic heterocycles. The highest BCUT2D eigenvalue weighted by Gasteiger charge is 2.43. The summed E-state index contributed by atoms with van der Waals surface area (Å²) in [6.45, 7) is -6.19. The standard InChI is InChI=1S/C15H10F4N4O2/c16-13(17)24-11-7-3-1-5-9(11)15(20-22-23-21-15)10-6-2-4-8-12(10)25-14(18)19/h1-8,13-14H. The van der Waals surface area contributed by atoms with Crippen LogP contribution in [0.4, 0.5) is 17.6 Å². The maximum absolute atomic E-state index is 12.7. The minimum absolute atomic E-state index is 0.0608. The van der Waals surface area contributed by atoms with E-state index >= 15 is 0 Å². The normalized spacial score (nSPS) is 15.1. The van der Waals surface area contributed by atoms with Crippen molar-refractivity contribution in [2.24, 2.45) is 20.7 Å². The Bertz CT molecular complexity index is 746. The maximum Gasteiger partial charge on any atom is 0.387 e. The number of para-hydroxylation sites is 2. The number of hydrogen-bond donors (Lipinski definition) is 0. The average molecular weight is 354 g/mol. The molecule has 25 heavy (non-hydrogen) atoms. The van der Waals surface area contributed by atoms with E-state index in [1.165, 1.54) is 48.5 Å². The van der Waals surface area contributed by atoms with Crippen LogP contribution in [0, 0.1) is 0 Å². The van der Waals surface area contributed by atoms with Gasteiger partial charge in [-0.15, -0.1) is 10.2 Å². The molecule has 0 spiro atoms. The molecule has 2 aromatic carbocycles. The summed E-state index contributed by atoms with van der Waals surface area (Å²) >= 11 is 0. The average Bonchev–Trinajstić information content (AvgIpc) is 3.05. The Labute approximate surface area is 138 Å². The lowest BCUT2D eigenvalue weighted by Gasteiger charge is -2.25. The van der Waals surface area contributed by atoms with Crippen molar-refractivity contribution in [2.45, 2.75) is 18.9 Å². The Morgan fingerprint density at radius 2 is 1.08 bits per heavy atom. The van der Waals surface area contributed by atoms with Crippen LogP contribution in [-0.4, -0.2) is 13.2 Å². The smallest absolute Gasteiger partial charge is 0.387 e. The van der Waals surface area contributed by atoms with Crippen molar-refractivity contribution < 1.29 is 27.0 Å². The topological polar surface area (TPSA) is 67.9 Å². The van der Waals surface area contributed by atoms with Gasteiger partial charge >= 0.3 is 13.2 Å². The largest absolute Gasteiger partial charge is 0.434 e. The molecule has 2 aromatic rings. The van der Waals surface area contributed by atoms with Gasteiger partial charge in [-0.05, 0) is 22.6 Å². The lowest BCUT2D eigenvalue weighted by molar-refractivity contribution is -0.0514. The third kappa shape index (κ3) is 3.28. The van der Waals surface area contributed by atoms with Crippen LogP contribution in [0.1, 0.15) is 11.1 Å². The van der Waals surface area contributed by atoms with E-state index in [0.717, 1.165) is 0 Å². The summed E-state index contributed by atoms with van der Waals surface area (Å²) in [5, 5.41) is 14.6. The molecule has 3 rings (SSSR count). The molecule has 1 heterocycles. The summed E-state index contributed by atoms with van der Waals surface area (Å²) in [5.41, 5.74) is -1.65. The molecule has 1 aliphatic rings. The van der Waals surface area contributed by atoms with Crippen molar-refractivity contribution in [2.75, 3.05) is 0 Å². The molecule has 0 unspecified atom stereocenters. The first-order chi connectivity index (χ1) is 12.0. The van der Waals surface area contributed by atoms with Gasteiger partial charge in [-0.2, -0.15) is 17.6 Å². The SMILES string of the molecule is FC(F)Oc1ccccc1C1(c2ccccc2OC(F)F)N=NN=N1. The Morgan fingerprint density at radius 1 is 0.680 bits per heavy atom. The molecule has 0 atom stereocenters. The number of rotatable bonds is 6. The summed E-state index contributed by atoms with van der Waals surface area (Å²) in [7, 11) is 0. The second-order valence-corrected chi connectivity index (χ2v) is 4.80. The van der Waals surface area contributed by atoms with E-state index in [9.17, 15) is 17.6 Å². The summed E-state index contributed by atoms with van der Waals surface area (Å²) in [6.07, 6.45) is 0. The van der Waals surface area contributed by atoms with Crippen LogP contribution in [0.25, 0.3) is 0 Å². The highest BCUT2D eigenvalue weighted by Crippen LogP contribution is 2.46. The monoisotopic (exact) mass is 354 g/mol. The molecule has 0 saturated carbocycles. The van der Waals surface area contributed by atoms with E-state index in [-0.39, 0.29) is 22.6 Å². The molecular formula is C15H10F4N4O2. The number of hydrogen-bond acceptors (Lipinski definition) is 6. The second kappa shape index (κ2) is 6.83. The second-order valence-electron chi connectivity index (χ2n) is 4.80. The van der Waals surface area contributed by atoms with Gasteiger partial charge in [-0.25, -0.2) is 0 Å². The van der Waals surface area contributed by atoms with Gasteiger partial charge in [0, 0.05) is 0 Å². The van der Waals surface area contributed by atoms with E-state index < -0.39 is 18.9 Å². The number of nitrogens with zero attached hydrogens (tertiary/aromatic N) is 4. The fourth-order valence-electron chi connectivity index (χ4n) is 2.46. The van der Waals surface area contributed by atoms with Crippen molar-refractivity contribution in [3.63, 3.8) is 0 Å². The lowest BCUT2D eigenvalue weighted by atomic mass is 9.91. The Balaban J connectivity index is 2.18. The Hall–Kier alpha value is -3.04. The minimum atomic E-state index is -3.10. The van der Waals surface area contributed by atoms with E-state index in [1.807, 2.05) is 0 Å². The quantitative estimate of drug-likeness (QED) is 0.691. The van der Waals surface area contributed by atoms with Gasteiger partial charge in [0.1, 0.15) is 11.5 Å². The van der Waals surface area contributed by atoms with Crippen LogP contribution in [0.15, 0.2) is 69.2 Å². The molecule has 10 heteroatoms. The van der Waals surface area contributed by atoms with Crippen LogP contribution >= 0.6 is 0 Å². The fraction of sp³-hybridized carbons (Fsp3) is 0.200. The molecule has 0 saturated heterocycles. The third-order valence-electron chi connectivity index (χ3n) is 3.38. The van der Waals surface area contributed by atoms with Crippen molar-refractivity contribution in [1.82, 2.24) is 0 Å². The summed E-state index contributed by atoms with van der Waals surface area (Å²) in [5.74, 6) is -0.465. The van der Waals surface area contributed by atoms with Crippen LogP contribution in [0.5, 0.6) is 11.5 Å². The zero-order chi connectivity index (χ0) is 17.9. The van der Waals surface area contributed by atoms with Crippen LogP contribution < -0.4 is 9.47 Å². The molecule has 0 radical (unpaired) electrons. The highest BCUT2D eigenvalue weighted by molar-refractivity contribution is 5.51. The summed E-state index contributed by atoms with van der Waals surface area (Å²) < 4.78 is 59.8. The zero-order valence-electron chi connectivity index (χ0n) is 12.4. The number of halogens is 4. The van der Waals surface area contributed by atoms with Gasteiger partial charge in [0.25, 0.3) is 5.66 Å². The first-order valence-electron chi connectivity index (χ1n) is 6.95. The molecule has 0 fully saturated rings. The molecule has 6 nitrogen and oxygen atoms in total. The predicted molar refractivity (Wildman–Crippen MR) is 76.6 cm³/mol. The van der Waals surface area contributed by atoms with Crippen LogP contribution in [0.2, 0.25) is 0 Å². The first kappa shape index (κ1) is 16.8. The Morgan fingerprint density at radius 3 is 1.48 bits per heavy atom. The highest BCUT2D eigenvalue weighted by atomic mass is 19.3. The molecule has 0 amide bonds. The molecule has 0 N–H and O–H groups in total. The van der Waals surface area contributed by atoms with Crippen molar-refractivity contribution in [3.05, 3.63) is 59.7 Å². The Kier molecular flexibility index (Phi) is 4.59. The summed E-state index contributed by atoms with van der Waals surface area (Å²) in [6, 6.07) is 11.4. The molecule has 0 bridgehead atoms. The number of ether oxygens (including phenoxy) is 2. The third-order valence-corrected chi connectivity index (χ3v) is 3.38. The fourth-order valence-corrected chi connectivity index (χ4v) is 2.46. The van der Waals surface area contributed by atoms with Gasteiger partial charge in [-0.3, -0.25) is 0 Å². The van der Waals surface area contributed by atoms with Crippen LogP contribution in [0.3, 0.4) is 0 Å². The van der Waals surface area contributed by atoms with Crippen molar-refractivity contribution in [3.8, 4) is 11.5 Å². The molecule has 0 aliphatic carbocycles. The van der Waals surface area contributed by atoms with E-state index in [1.54, 1.807) is 0 Å². The van der Waals surface area contributed by atoms with E-state index in [2.05, 4.69) is 30.1 Å². The lowest BCUT2D eigenvalue weighted by Crippen LogP contribution is -2.24. The van der Waals surface area contributed by atoms with E-state index in [0.29, 0.717) is 0 Å². The molecule has 1 aliphatic heterocycles. The minimum Gasteiger partial charge on any atom is -0.434 e. The van der Waals surface area contributed by atoms with Crippen molar-refractivity contribution >= 4 is 0 Å². The number of alkyl halides is 4. The zero-order valence-corrected chi connectivity index (χ0v) is 12.4. The van der Waals surface area contributed by atoms with Gasteiger partial charge in [-0.1, -0.05) is 36.4 Å². The first-order valence-corrected chi connectivity index (χ1v) is 6.95. The van der Waals surface area contributed by atoms with Gasteiger partial charge in [0.2, 0.25) is 0 Å². The molecular weight excluding hydrogens is 344 g/mol. The van der Waals surface area contributed by atoms with Gasteiger partial charge in [0.05, 0.1) is 11.1 Å². The maximum atomic E-state index is 12.7. The van der Waals surface area contributed by atoms with Gasteiger partial charge < -0.3 is 9.47 Å².